The summed E-state index contributed by atoms with van der Waals surface area (Å²) in [5.41, 5.74) is 6.48. The van der Waals surface area contributed by atoms with Crippen LogP contribution in [-0.2, 0) is 0 Å². The van der Waals surface area contributed by atoms with Crippen LogP contribution >= 0.6 is 11.6 Å². The van der Waals surface area contributed by atoms with Gasteiger partial charge in [0.15, 0.2) is 0 Å². The van der Waals surface area contributed by atoms with E-state index >= 15 is 0 Å². The standard InChI is InChI=1S/C10H14ClNO2/c1-6(13)10(12)8-4-3-7(14-2)5-9(8)11/h3-6,10,13H,12H2,1-2H3/t6-,10+/m1/s1. The zero-order chi connectivity index (χ0) is 10.7. The molecule has 0 amide bonds. The lowest BCUT2D eigenvalue weighted by atomic mass is 10.0. The van der Waals surface area contributed by atoms with Gasteiger partial charge in [0.05, 0.1) is 19.3 Å². The first-order valence-electron chi connectivity index (χ1n) is 4.33. The summed E-state index contributed by atoms with van der Waals surface area (Å²) in [4.78, 5) is 0. The molecule has 0 aromatic heterocycles. The van der Waals surface area contributed by atoms with Crippen LogP contribution in [-0.4, -0.2) is 18.3 Å². The van der Waals surface area contributed by atoms with E-state index in [0.29, 0.717) is 10.8 Å². The third-order valence-corrected chi connectivity index (χ3v) is 2.41. The third-order valence-electron chi connectivity index (χ3n) is 2.09. The Morgan fingerprint density at radius 2 is 2.14 bits per heavy atom. The first-order valence-corrected chi connectivity index (χ1v) is 4.71. The fourth-order valence-corrected chi connectivity index (χ4v) is 1.46. The molecule has 4 heteroatoms. The largest absolute Gasteiger partial charge is 0.497 e. The molecule has 14 heavy (non-hydrogen) atoms. The Kier molecular flexibility index (Phi) is 3.75. The molecule has 0 unspecified atom stereocenters. The Hall–Kier alpha value is -0.770. The van der Waals surface area contributed by atoms with Crippen LogP contribution in [0.4, 0.5) is 0 Å². The van der Waals surface area contributed by atoms with Gasteiger partial charge in [0.1, 0.15) is 5.75 Å². The minimum atomic E-state index is -0.624. The second kappa shape index (κ2) is 4.64. The lowest BCUT2D eigenvalue weighted by molar-refractivity contribution is 0.164. The van der Waals surface area contributed by atoms with E-state index in [4.69, 9.17) is 22.1 Å². The Morgan fingerprint density at radius 1 is 1.50 bits per heavy atom. The van der Waals surface area contributed by atoms with Crippen molar-refractivity contribution in [1.82, 2.24) is 0 Å². The Balaban J connectivity index is 2.99. The molecule has 1 aromatic rings. The SMILES string of the molecule is COc1ccc([C@@H](N)[C@@H](C)O)c(Cl)c1. The van der Waals surface area contributed by atoms with Crippen LogP contribution in [0.2, 0.25) is 5.02 Å². The molecule has 0 radical (unpaired) electrons. The van der Waals surface area contributed by atoms with Gasteiger partial charge in [-0.15, -0.1) is 0 Å². The number of nitrogens with two attached hydrogens (primary N) is 1. The lowest BCUT2D eigenvalue weighted by Crippen LogP contribution is -2.23. The van der Waals surface area contributed by atoms with Crippen molar-refractivity contribution in [3.8, 4) is 5.75 Å². The summed E-state index contributed by atoms with van der Waals surface area (Å²) >= 11 is 5.98. The van der Waals surface area contributed by atoms with Gasteiger partial charge in [0.25, 0.3) is 0 Å². The van der Waals surface area contributed by atoms with Crippen LogP contribution in [0, 0.1) is 0 Å². The van der Waals surface area contributed by atoms with Gasteiger partial charge >= 0.3 is 0 Å². The molecule has 0 aliphatic carbocycles. The second-order valence-electron chi connectivity index (χ2n) is 3.15. The number of aliphatic hydroxyl groups excluding tert-OH is 1. The number of methoxy groups -OCH3 is 1. The molecule has 2 atom stereocenters. The highest BCUT2D eigenvalue weighted by Gasteiger charge is 2.15. The van der Waals surface area contributed by atoms with Crippen molar-refractivity contribution in [2.75, 3.05) is 7.11 Å². The van der Waals surface area contributed by atoms with E-state index < -0.39 is 12.1 Å². The Morgan fingerprint density at radius 3 is 2.57 bits per heavy atom. The third kappa shape index (κ3) is 2.38. The van der Waals surface area contributed by atoms with Crippen molar-refractivity contribution in [2.45, 2.75) is 19.1 Å². The van der Waals surface area contributed by atoms with Gasteiger partial charge in [-0.2, -0.15) is 0 Å². The topological polar surface area (TPSA) is 55.5 Å². The zero-order valence-electron chi connectivity index (χ0n) is 8.20. The normalized spacial score (nSPS) is 14.9. The average Bonchev–Trinajstić information content (AvgIpc) is 2.16. The molecule has 3 nitrogen and oxygen atoms in total. The summed E-state index contributed by atoms with van der Waals surface area (Å²) in [6.07, 6.45) is -0.624. The average molecular weight is 216 g/mol. The predicted molar refractivity (Wildman–Crippen MR) is 56.6 cm³/mol. The molecule has 1 aromatic carbocycles. The van der Waals surface area contributed by atoms with Crippen LogP contribution in [0.5, 0.6) is 5.75 Å². The van der Waals surface area contributed by atoms with Crippen LogP contribution in [0.25, 0.3) is 0 Å². The van der Waals surface area contributed by atoms with E-state index in [9.17, 15) is 5.11 Å². The summed E-state index contributed by atoms with van der Waals surface area (Å²) in [5, 5.41) is 9.82. The van der Waals surface area contributed by atoms with E-state index in [2.05, 4.69) is 0 Å². The minimum Gasteiger partial charge on any atom is -0.497 e. The van der Waals surface area contributed by atoms with Crippen molar-refractivity contribution in [3.63, 3.8) is 0 Å². The van der Waals surface area contributed by atoms with Crippen molar-refractivity contribution >= 4 is 11.6 Å². The van der Waals surface area contributed by atoms with Crippen LogP contribution in [0.15, 0.2) is 18.2 Å². The summed E-state index contributed by atoms with van der Waals surface area (Å²) in [6, 6.07) is 4.75. The van der Waals surface area contributed by atoms with E-state index in [1.54, 1.807) is 32.2 Å². The van der Waals surface area contributed by atoms with Crippen LogP contribution in [0.3, 0.4) is 0 Å². The summed E-state index contributed by atoms with van der Waals surface area (Å²) < 4.78 is 5.00. The van der Waals surface area contributed by atoms with Crippen LogP contribution in [0.1, 0.15) is 18.5 Å². The molecule has 0 spiro atoms. The molecule has 0 saturated carbocycles. The van der Waals surface area contributed by atoms with Crippen molar-refractivity contribution < 1.29 is 9.84 Å². The van der Waals surface area contributed by atoms with E-state index in [0.717, 1.165) is 5.56 Å². The van der Waals surface area contributed by atoms with Gasteiger partial charge in [0.2, 0.25) is 0 Å². The summed E-state index contributed by atoms with van der Waals surface area (Å²) in [5.74, 6) is 0.677. The van der Waals surface area contributed by atoms with E-state index in [-0.39, 0.29) is 0 Å². The number of hydrogen-bond donors (Lipinski definition) is 2. The smallest absolute Gasteiger partial charge is 0.120 e. The van der Waals surface area contributed by atoms with Crippen molar-refractivity contribution in [3.05, 3.63) is 28.8 Å². The number of rotatable bonds is 3. The Labute approximate surface area is 88.4 Å². The summed E-state index contributed by atoms with van der Waals surface area (Å²) in [6.45, 7) is 1.63. The van der Waals surface area contributed by atoms with Gasteiger partial charge in [-0.25, -0.2) is 0 Å². The first-order chi connectivity index (χ1) is 6.56. The highest BCUT2D eigenvalue weighted by molar-refractivity contribution is 6.31. The molecule has 0 aliphatic heterocycles. The lowest BCUT2D eigenvalue weighted by Gasteiger charge is -2.16. The maximum Gasteiger partial charge on any atom is 0.120 e. The van der Waals surface area contributed by atoms with Gasteiger partial charge < -0.3 is 15.6 Å². The van der Waals surface area contributed by atoms with Gasteiger partial charge in [0, 0.05) is 5.02 Å². The fraction of sp³-hybridized carbons (Fsp3) is 0.400. The summed E-state index contributed by atoms with van der Waals surface area (Å²) in [7, 11) is 1.57. The number of aliphatic hydroxyl groups is 1. The molecule has 0 saturated heterocycles. The molecular formula is C10H14ClNO2. The van der Waals surface area contributed by atoms with Crippen molar-refractivity contribution in [2.24, 2.45) is 5.73 Å². The molecule has 0 fully saturated rings. The fourth-order valence-electron chi connectivity index (χ4n) is 1.17. The maximum absolute atomic E-state index is 9.31. The monoisotopic (exact) mass is 215 g/mol. The number of ether oxygens (including phenoxy) is 1. The predicted octanol–water partition coefficient (Wildman–Crippen LogP) is 1.73. The number of hydrogen-bond acceptors (Lipinski definition) is 3. The number of halogens is 1. The van der Waals surface area contributed by atoms with E-state index in [1.165, 1.54) is 0 Å². The highest BCUT2D eigenvalue weighted by Crippen LogP contribution is 2.27. The zero-order valence-corrected chi connectivity index (χ0v) is 8.95. The van der Waals surface area contributed by atoms with Gasteiger partial charge in [-0.05, 0) is 24.6 Å². The quantitative estimate of drug-likeness (QED) is 0.808. The first kappa shape index (κ1) is 11.3. The number of benzene rings is 1. The van der Waals surface area contributed by atoms with Gasteiger partial charge in [-0.3, -0.25) is 0 Å². The Bertz CT molecular complexity index is 315. The molecule has 0 bridgehead atoms. The van der Waals surface area contributed by atoms with Crippen molar-refractivity contribution in [1.29, 1.82) is 0 Å². The van der Waals surface area contributed by atoms with Crippen LogP contribution < -0.4 is 10.5 Å². The molecular weight excluding hydrogens is 202 g/mol. The molecule has 3 N–H and O–H groups in total. The molecule has 0 heterocycles. The second-order valence-corrected chi connectivity index (χ2v) is 3.56. The minimum absolute atomic E-state index is 0.464. The molecule has 1 rings (SSSR count). The maximum atomic E-state index is 9.31. The van der Waals surface area contributed by atoms with E-state index in [1.807, 2.05) is 0 Å². The molecule has 0 aliphatic rings. The molecule has 78 valence electrons. The highest BCUT2D eigenvalue weighted by atomic mass is 35.5. The van der Waals surface area contributed by atoms with Gasteiger partial charge in [-0.1, -0.05) is 17.7 Å².